The fraction of sp³-hybridized carbons (Fsp3) is 0.0968. The van der Waals surface area contributed by atoms with E-state index in [1.807, 2.05) is 60.7 Å². The summed E-state index contributed by atoms with van der Waals surface area (Å²) < 4.78 is 27.9. The van der Waals surface area contributed by atoms with E-state index in [0.717, 1.165) is 0 Å². The van der Waals surface area contributed by atoms with Crippen molar-refractivity contribution in [2.45, 2.75) is 0 Å². The minimum Gasteiger partial charge on any atom is -0.493 e. The Kier molecular flexibility index (Phi) is 7.18. The van der Waals surface area contributed by atoms with Crippen molar-refractivity contribution >= 4 is 29.3 Å². The maximum atomic E-state index is 13.3. The second kappa shape index (κ2) is 11.0. The molecule has 1 aliphatic rings. The molecule has 1 aliphatic heterocycles. The third-order valence-electron chi connectivity index (χ3n) is 6.08. The second-order valence-electron chi connectivity index (χ2n) is 8.40. The molecule has 8 heteroatoms. The fourth-order valence-electron chi connectivity index (χ4n) is 4.27. The number of ether oxygens (including phenoxy) is 5. The molecule has 0 bridgehead atoms. The van der Waals surface area contributed by atoms with Crippen LogP contribution in [0.2, 0.25) is 0 Å². The van der Waals surface area contributed by atoms with E-state index in [4.69, 9.17) is 23.7 Å². The van der Waals surface area contributed by atoms with Crippen LogP contribution >= 0.6 is 0 Å². The monoisotopic (exact) mass is 523 g/mol. The number of allylic oxidation sites excluding steroid dienone is 1. The number of Topliss-reactive ketones (excluding diaryl/α,β-unsaturated/α-hetero) is 1. The van der Waals surface area contributed by atoms with Gasteiger partial charge in [-0.3, -0.25) is 4.79 Å². The molecule has 4 aromatic rings. The molecule has 0 radical (unpaired) electrons. The van der Waals surface area contributed by atoms with Gasteiger partial charge in [-0.1, -0.05) is 36.4 Å². The van der Waals surface area contributed by atoms with Crippen LogP contribution in [0.4, 0.5) is 16.2 Å². The third-order valence-corrected chi connectivity index (χ3v) is 6.08. The second-order valence-corrected chi connectivity index (χ2v) is 8.40. The number of hydrogen-bond donors (Lipinski definition) is 0. The van der Waals surface area contributed by atoms with Gasteiger partial charge in [0.1, 0.15) is 11.5 Å². The number of amides is 1. The number of fused-ring (bicyclic) bond motifs is 1. The van der Waals surface area contributed by atoms with Crippen molar-refractivity contribution in [3.8, 4) is 28.7 Å². The van der Waals surface area contributed by atoms with Gasteiger partial charge in [0, 0.05) is 11.6 Å². The van der Waals surface area contributed by atoms with Gasteiger partial charge in [-0.15, -0.1) is 0 Å². The zero-order chi connectivity index (χ0) is 27.4. The summed E-state index contributed by atoms with van der Waals surface area (Å²) >= 11 is 0. The SMILES string of the molecule is COc1ccc(/C=C2\Oc3cc(OC(=O)N(c4ccccc4)c4ccccc4)ccc3C2=O)c(OC)c1OC. The Labute approximate surface area is 225 Å². The van der Waals surface area contributed by atoms with Crippen molar-refractivity contribution < 1.29 is 33.3 Å². The number of hydrogen-bond acceptors (Lipinski definition) is 7. The Morgan fingerprint density at radius 3 is 2.00 bits per heavy atom. The van der Waals surface area contributed by atoms with Crippen molar-refractivity contribution in [2.75, 3.05) is 26.2 Å². The van der Waals surface area contributed by atoms with Crippen LogP contribution in [0.1, 0.15) is 15.9 Å². The van der Waals surface area contributed by atoms with Crippen LogP contribution in [0.3, 0.4) is 0 Å². The Hall–Kier alpha value is -5.24. The highest BCUT2D eigenvalue weighted by Gasteiger charge is 2.29. The lowest BCUT2D eigenvalue weighted by molar-refractivity contribution is 0.101. The van der Waals surface area contributed by atoms with Crippen LogP contribution < -0.4 is 28.6 Å². The van der Waals surface area contributed by atoms with E-state index in [-0.39, 0.29) is 23.0 Å². The van der Waals surface area contributed by atoms with Gasteiger partial charge in [0.2, 0.25) is 11.5 Å². The van der Waals surface area contributed by atoms with Gasteiger partial charge in [-0.2, -0.15) is 0 Å². The number of ketones is 1. The third kappa shape index (κ3) is 5.00. The first-order valence-corrected chi connectivity index (χ1v) is 12.0. The number of para-hydroxylation sites is 2. The number of benzene rings is 4. The lowest BCUT2D eigenvalue weighted by Gasteiger charge is -2.22. The summed E-state index contributed by atoms with van der Waals surface area (Å²) in [4.78, 5) is 27.9. The lowest BCUT2D eigenvalue weighted by atomic mass is 10.1. The summed E-state index contributed by atoms with van der Waals surface area (Å²) in [5.41, 5.74) is 2.22. The molecule has 0 aromatic heterocycles. The summed E-state index contributed by atoms with van der Waals surface area (Å²) in [6.45, 7) is 0. The minimum absolute atomic E-state index is 0.0918. The van der Waals surface area contributed by atoms with Gasteiger partial charge in [0.05, 0.1) is 38.3 Å². The van der Waals surface area contributed by atoms with Gasteiger partial charge in [-0.05, 0) is 54.6 Å². The van der Waals surface area contributed by atoms with Crippen LogP contribution in [-0.4, -0.2) is 33.2 Å². The smallest absolute Gasteiger partial charge is 0.424 e. The number of carbonyl (C=O) groups excluding carboxylic acids is 2. The average Bonchev–Trinajstić information content (AvgIpc) is 3.27. The minimum atomic E-state index is -0.609. The summed E-state index contributed by atoms with van der Waals surface area (Å²) in [6.07, 6.45) is 0.962. The molecule has 4 aromatic carbocycles. The van der Waals surface area contributed by atoms with Gasteiger partial charge >= 0.3 is 6.09 Å². The van der Waals surface area contributed by atoms with Gasteiger partial charge < -0.3 is 23.7 Å². The first-order chi connectivity index (χ1) is 19.0. The highest BCUT2D eigenvalue weighted by atomic mass is 16.6. The zero-order valence-corrected chi connectivity index (χ0v) is 21.5. The number of carbonyl (C=O) groups is 2. The Balaban J connectivity index is 1.42. The first-order valence-electron chi connectivity index (χ1n) is 12.0. The number of anilines is 2. The summed E-state index contributed by atoms with van der Waals surface area (Å²) in [5, 5.41) is 0. The molecule has 39 heavy (non-hydrogen) atoms. The predicted octanol–water partition coefficient (Wildman–Crippen LogP) is 6.67. The van der Waals surface area contributed by atoms with Crippen molar-refractivity contribution in [3.05, 3.63) is 108 Å². The average molecular weight is 524 g/mol. The van der Waals surface area contributed by atoms with E-state index < -0.39 is 6.09 Å². The van der Waals surface area contributed by atoms with Crippen LogP contribution in [0, 0.1) is 0 Å². The Morgan fingerprint density at radius 1 is 0.769 bits per heavy atom. The molecular formula is C31H25NO7. The summed E-state index contributed by atoms with van der Waals surface area (Å²) in [5.74, 6) is 1.57. The van der Waals surface area contributed by atoms with Crippen LogP contribution in [0.15, 0.2) is 96.8 Å². The molecule has 196 valence electrons. The maximum absolute atomic E-state index is 13.3. The van der Waals surface area contributed by atoms with E-state index >= 15 is 0 Å². The van der Waals surface area contributed by atoms with Gasteiger partial charge in [0.25, 0.3) is 0 Å². The molecule has 0 spiro atoms. The molecule has 0 unspecified atom stereocenters. The Morgan fingerprint density at radius 2 is 1.41 bits per heavy atom. The molecule has 0 saturated carbocycles. The molecule has 8 nitrogen and oxygen atoms in total. The van der Waals surface area contributed by atoms with E-state index in [1.54, 1.807) is 30.3 Å². The number of methoxy groups -OCH3 is 3. The van der Waals surface area contributed by atoms with Gasteiger partial charge in [0.15, 0.2) is 17.3 Å². The molecule has 0 atom stereocenters. The topological polar surface area (TPSA) is 83.5 Å². The highest BCUT2D eigenvalue weighted by molar-refractivity contribution is 6.14. The van der Waals surface area contributed by atoms with Crippen LogP contribution in [-0.2, 0) is 0 Å². The molecule has 0 aliphatic carbocycles. The van der Waals surface area contributed by atoms with E-state index in [9.17, 15) is 9.59 Å². The summed E-state index contributed by atoms with van der Waals surface area (Å²) in [6, 6.07) is 26.5. The van der Waals surface area contributed by atoms with Crippen LogP contribution in [0.5, 0.6) is 28.7 Å². The molecule has 0 fully saturated rings. The standard InChI is InChI=1S/C31H25NO7/c1-35-25-17-14-20(29(36-2)30(25)37-3)18-27-28(33)24-16-15-23(19-26(24)39-27)38-31(34)32(21-10-6-4-7-11-21)22-12-8-5-9-13-22/h4-19H,1-3H3/b27-18-. The summed E-state index contributed by atoms with van der Waals surface area (Å²) in [7, 11) is 4.53. The zero-order valence-electron chi connectivity index (χ0n) is 21.5. The van der Waals surface area contributed by atoms with Crippen LogP contribution in [0.25, 0.3) is 6.08 Å². The predicted molar refractivity (Wildman–Crippen MR) is 147 cm³/mol. The fourth-order valence-corrected chi connectivity index (χ4v) is 4.27. The number of rotatable bonds is 7. The van der Waals surface area contributed by atoms with E-state index in [0.29, 0.717) is 39.8 Å². The molecule has 0 N–H and O–H groups in total. The van der Waals surface area contributed by atoms with Crippen molar-refractivity contribution in [1.82, 2.24) is 0 Å². The first kappa shape index (κ1) is 25.4. The molecule has 1 heterocycles. The maximum Gasteiger partial charge on any atom is 0.424 e. The normalized spacial score (nSPS) is 12.9. The largest absolute Gasteiger partial charge is 0.493 e. The molecule has 1 amide bonds. The molecule has 0 saturated heterocycles. The quantitative estimate of drug-likeness (QED) is 0.250. The molecule has 5 rings (SSSR count). The van der Waals surface area contributed by atoms with Crippen molar-refractivity contribution in [2.24, 2.45) is 0 Å². The van der Waals surface area contributed by atoms with Gasteiger partial charge in [-0.25, -0.2) is 9.69 Å². The van der Waals surface area contributed by atoms with Crippen molar-refractivity contribution in [3.63, 3.8) is 0 Å². The van der Waals surface area contributed by atoms with E-state index in [2.05, 4.69) is 0 Å². The highest BCUT2D eigenvalue weighted by Crippen LogP contribution is 2.42. The number of nitrogens with zero attached hydrogens (tertiary/aromatic N) is 1. The Bertz CT molecular complexity index is 1510. The van der Waals surface area contributed by atoms with E-state index in [1.165, 1.54) is 32.3 Å². The lowest BCUT2D eigenvalue weighted by Crippen LogP contribution is -2.29. The molecular weight excluding hydrogens is 498 g/mol. The van der Waals surface area contributed by atoms with Crippen molar-refractivity contribution in [1.29, 1.82) is 0 Å².